The molecule has 2 rings (SSSR count). The van der Waals surface area contributed by atoms with Crippen LogP contribution in [0.4, 0.5) is 0 Å². The lowest BCUT2D eigenvalue weighted by Gasteiger charge is -2.19. The van der Waals surface area contributed by atoms with E-state index < -0.39 is 5.54 Å². The summed E-state index contributed by atoms with van der Waals surface area (Å²) < 4.78 is 5.25. The van der Waals surface area contributed by atoms with Gasteiger partial charge in [-0.15, -0.1) is 0 Å². The molecule has 1 unspecified atom stereocenters. The molecule has 1 saturated carbocycles. The molecule has 2 N–H and O–H groups in total. The van der Waals surface area contributed by atoms with E-state index in [9.17, 15) is 0 Å². The number of nitrogens with zero attached hydrogens (tertiary/aromatic N) is 2. The van der Waals surface area contributed by atoms with Gasteiger partial charge in [0, 0.05) is 5.41 Å². The molecule has 1 atom stereocenters. The second-order valence-corrected chi connectivity index (χ2v) is 5.73. The van der Waals surface area contributed by atoms with Crippen molar-refractivity contribution in [2.75, 3.05) is 0 Å². The average Bonchev–Trinajstić information content (AvgIpc) is 2.80. The normalized spacial score (nSPS) is 21.4. The Morgan fingerprint density at radius 3 is 2.27 bits per heavy atom. The van der Waals surface area contributed by atoms with Crippen LogP contribution in [0, 0.1) is 5.92 Å². The fourth-order valence-corrected chi connectivity index (χ4v) is 1.61. The fraction of sp³-hybridized carbons (Fsp3) is 0.818. The highest BCUT2D eigenvalue weighted by Crippen LogP contribution is 2.43. The van der Waals surface area contributed by atoms with Gasteiger partial charge in [0.1, 0.15) is 0 Å². The standard InChI is InChI=1S/C11H19N3O/c1-10(2,3)9-13-8(14-15-9)11(4,12)7-5-6-7/h7H,5-6,12H2,1-4H3. The second kappa shape index (κ2) is 3.04. The first kappa shape index (κ1) is 10.6. The van der Waals surface area contributed by atoms with Crippen molar-refractivity contribution < 1.29 is 4.52 Å². The zero-order valence-corrected chi connectivity index (χ0v) is 9.87. The van der Waals surface area contributed by atoms with Crippen molar-refractivity contribution in [3.05, 3.63) is 11.7 Å². The molecule has 0 aromatic carbocycles. The van der Waals surface area contributed by atoms with E-state index >= 15 is 0 Å². The molecule has 4 nitrogen and oxygen atoms in total. The third kappa shape index (κ3) is 1.91. The van der Waals surface area contributed by atoms with Crippen molar-refractivity contribution in [2.45, 2.75) is 51.5 Å². The van der Waals surface area contributed by atoms with E-state index in [4.69, 9.17) is 10.3 Å². The monoisotopic (exact) mass is 209 g/mol. The Morgan fingerprint density at radius 2 is 1.87 bits per heavy atom. The summed E-state index contributed by atoms with van der Waals surface area (Å²) in [5.41, 5.74) is 5.69. The zero-order chi connectivity index (χ0) is 11.3. The van der Waals surface area contributed by atoms with Crippen LogP contribution in [-0.4, -0.2) is 10.1 Å². The molecule has 1 heterocycles. The van der Waals surface area contributed by atoms with Crippen molar-refractivity contribution in [3.8, 4) is 0 Å². The Morgan fingerprint density at radius 1 is 1.27 bits per heavy atom. The maximum absolute atomic E-state index is 6.21. The predicted octanol–water partition coefficient (Wildman–Crippen LogP) is 1.95. The molecule has 0 amide bonds. The molecule has 1 fully saturated rings. The molecule has 0 spiro atoms. The van der Waals surface area contributed by atoms with Crippen molar-refractivity contribution in [2.24, 2.45) is 11.7 Å². The van der Waals surface area contributed by atoms with Crippen LogP contribution in [0.1, 0.15) is 52.3 Å². The van der Waals surface area contributed by atoms with Crippen LogP contribution in [0.25, 0.3) is 0 Å². The third-order valence-electron chi connectivity index (χ3n) is 2.97. The number of hydrogen-bond acceptors (Lipinski definition) is 4. The van der Waals surface area contributed by atoms with Gasteiger partial charge in [-0.1, -0.05) is 25.9 Å². The Bertz CT molecular complexity index is 358. The highest BCUT2D eigenvalue weighted by atomic mass is 16.5. The minimum atomic E-state index is -0.424. The molecule has 1 aromatic heterocycles. The molecule has 1 aliphatic carbocycles. The quantitative estimate of drug-likeness (QED) is 0.808. The van der Waals surface area contributed by atoms with Crippen LogP contribution < -0.4 is 5.73 Å². The van der Waals surface area contributed by atoms with Gasteiger partial charge in [0.15, 0.2) is 5.82 Å². The molecular weight excluding hydrogens is 190 g/mol. The van der Waals surface area contributed by atoms with Crippen LogP contribution >= 0.6 is 0 Å². The van der Waals surface area contributed by atoms with Crippen molar-refractivity contribution in [3.63, 3.8) is 0 Å². The van der Waals surface area contributed by atoms with E-state index in [1.807, 2.05) is 6.92 Å². The van der Waals surface area contributed by atoms with E-state index in [-0.39, 0.29) is 5.41 Å². The molecule has 1 aliphatic rings. The van der Waals surface area contributed by atoms with Gasteiger partial charge in [-0.2, -0.15) is 4.98 Å². The van der Waals surface area contributed by atoms with Crippen LogP contribution in [0.2, 0.25) is 0 Å². The number of hydrogen-bond donors (Lipinski definition) is 1. The van der Waals surface area contributed by atoms with Gasteiger partial charge in [-0.3, -0.25) is 0 Å². The first-order valence-electron chi connectivity index (χ1n) is 5.45. The maximum atomic E-state index is 6.21. The van der Waals surface area contributed by atoms with E-state index in [0.29, 0.717) is 17.6 Å². The lowest BCUT2D eigenvalue weighted by Crippen LogP contribution is -2.36. The smallest absolute Gasteiger partial charge is 0.232 e. The predicted molar refractivity (Wildman–Crippen MR) is 57.3 cm³/mol. The first-order chi connectivity index (χ1) is 6.82. The van der Waals surface area contributed by atoms with E-state index in [1.165, 1.54) is 12.8 Å². The summed E-state index contributed by atoms with van der Waals surface area (Å²) in [7, 11) is 0. The Hall–Kier alpha value is -0.900. The fourth-order valence-electron chi connectivity index (χ4n) is 1.61. The molecule has 0 bridgehead atoms. The molecule has 0 aliphatic heterocycles. The molecule has 15 heavy (non-hydrogen) atoms. The molecule has 4 heteroatoms. The van der Waals surface area contributed by atoms with Gasteiger partial charge in [0.2, 0.25) is 5.89 Å². The highest BCUT2D eigenvalue weighted by molar-refractivity contribution is 5.10. The van der Waals surface area contributed by atoms with Crippen LogP contribution in [0.15, 0.2) is 4.52 Å². The Kier molecular flexibility index (Phi) is 2.15. The summed E-state index contributed by atoms with van der Waals surface area (Å²) in [6.07, 6.45) is 2.35. The zero-order valence-electron chi connectivity index (χ0n) is 9.87. The Balaban J connectivity index is 2.27. The SMILES string of the molecule is CC(C)(C)c1nc(C(C)(N)C2CC2)no1. The summed E-state index contributed by atoms with van der Waals surface area (Å²) in [6.45, 7) is 8.14. The van der Waals surface area contributed by atoms with Crippen molar-refractivity contribution in [1.82, 2.24) is 10.1 Å². The summed E-state index contributed by atoms with van der Waals surface area (Å²) in [5.74, 6) is 1.83. The lowest BCUT2D eigenvalue weighted by molar-refractivity contribution is 0.307. The molecular formula is C11H19N3O. The van der Waals surface area contributed by atoms with E-state index in [0.717, 1.165) is 0 Å². The van der Waals surface area contributed by atoms with Crippen LogP contribution in [0.3, 0.4) is 0 Å². The minimum Gasteiger partial charge on any atom is -0.339 e. The number of rotatable bonds is 2. The van der Waals surface area contributed by atoms with E-state index in [2.05, 4.69) is 30.9 Å². The van der Waals surface area contributed by atoms with Crippen molar-refractivity contribution >= 4 is 0 Å². The van der Waals surface area contributed by atoms with Gasteiger partial charge >= 0.3 is 0 Å². The van der Waals surface area contributed by atoms with Crippen LogP contribution in [0.5, 0.6) is 0 Å². The van der Waals surface area contributed by atoms with Crippen LogP contribution in [-0.2, 0) is 11.0 Å². The highest BCUT2D eigenvalue weighted by Gasteiger charge is 2.43. The largest absolute Gasteiger partial charge is 0.339 e. The Labute approximate surface area is 90.2 Å². The van der Waals surface area contributed by atoms with Gasteiger partial charge in [0.05, 0.1) is 5.54 Å². The minimum absolute atomic E-state index is 0.106. The van der Waals surface area contributed by atoms with Gasteiger partial charge < -0.3 is 10.3 Å². The van der Waals surface area contributed by atoms with Gasteiger partial charge in [-0.05, 0) is 25.7 Å². The number of nitrogens with two attached hydrogens (primary N) is 1. The summed E-state index contributed by atoms with van der Waals surface area (Å²) >= 11 is 0. The maximum Gasteiger partial charge on any atom is 0.232 e. The van der Waals surface area contributed by atoms with Gasteiger partial charge in [0.25, 0.3) is 0 Å². The summed E-state index contributed by atoms with van der Waals surface area (Å²) in [5, 5.41) is 4.00. The average molecular weight is 209 g/mol. The summed E-state index contributed by atoms with van der Waals surface area (Å²) in [4.78, 5) is 4.41. The van der Waals surface area contributed by atoms with E-state index in [1.54, 1.807) is 0 Å². The molecule has 0 radical (unpaired) electrons. The van der Waals surface area contributed by atoms with Gasteiger partial charge in [-0.25, -0.2) is 0 Å². The number of aromatic nitrogens is 2. The molecule has 1 aromatic rings. The second-order valence-electron chi connectivity index (χ2n) is 5.73. The topological polar surface area (TPSA) is 64.9 Å². The van der Waals surface area contributed by atoms with Crippen molar-refractivity contribution in [1.29, 1.82) is 0 Å². The summed E-state index contributed by atoms with van der Waals surface area (Å²) in [6, 6.07) is 0. The molecule has 0 saturated heterocycles. The molecule has 84 valence electrons. The first-order valence-corrected chi connectivity index (χ1v) is 5.45. The third-order valence-corrected chi connectivity index (χ3v) is 2.97. The lowest BCUT2D eigenvalue weighted by atomic mass is 9.95.